The largest absolute Gasteiger partial charge is 0.385 e. The smallest absolute Gasteiger partial charge is 0.274 e. The van der Waals surface area contributed by atoms with Crippen LogP contribution in [0, 0.1) is 11.6 Å². The highest BCUT2D eigenvalue weighted by Gasteiger charge is 2.09. The van der Waals surface area contributed by atoms with Crippen LogP contribution >= 0.6 is 0 Å². The topological polar surface area (TPSA) is 63.2 Å². The first-order valence-electron chi connectivity index (χ1n) is 7.05. The number of aromatic nitrogens is 1. The van der Waals surface area contributed by atoms with Gasteiger partial charge in [0.1, 0.15) is 5.69 Å². The van der Waals surface area contributed by atoms with E-state index in [9.17, 15) is 13.6 Å². The fraction of sp³-hybridized carbons (Fsp3) is 0.250. The molecule has 0 saturated carbocycles. The van der Waals surface area contributed by atoms with Gasteiger partial charge in [0.15, 0.2) is 11.6 Å². The summed E-state index contributed by atoms with van der Waals surface area (Å²) in [6.07, 6.45) is 2.39. The van der Waals surface area contributed by atoms with Gasteiger partial charge >= 0.3 is 0 Å². The highest BCUT2D eigenvalue weighted by atomic mass is 19.2. The second kappa shape index (κ2) is 8.19. The SMILES string of the molecule is COCCCNc1ccc(C(=O)Nc2ccc(F)c(F)c2)nc1. The number of hydrogen-bond acceptors (Lipinski definition) is 4. The van der Waals surface area contributed by atoms with Crippen molar-refractivity contribution < 1.29 is 18.3 Å². The van der Waals surface area contributed by atoms with Crippen LogP contribution in [0.3, 0.4) is 0 Å². The quantitative estimate of drug-likeness (QED) is 0.769. The van der Waals surface area contributed by atoms with E-state index < -0.39 is 17.5 Å². The number of carbonyl (C=O) groups is 1. The number of nitrogens with one attached hydrogen (secondary N) is 2. The van der Waals surface area contributed by atoms with E-state index in [1.165, 1.54) is 12.3 Å². The molecule has 2 aromatic rings. The maximum absolute atomic E-state index is 13.1. The van der Waals surface area contributed by atoms with E-state index in [2.05, 4.69) is 15.6 Å². The minimum Gasteiger partial charge on any atom is -0.385 e. The Morgan fingerprint density at radius 3 is 2.61 bits per heavy atom. The summed E-state index contributed by atoms with van der Waals surface area (Å²) in [7, 11) is 1.64. The second-order valence-electron chi connectivity index (χ2n) is 4.79. The third-order valence-electron chi connectivity index (χ3n) is 3.03. The molecule has 0 fully saturated rings. The first-order valence-corrected chi connectivity index (χ1v) is 7.05. The average Bonchev–Trinajstić information content (AvgIpc) is 2.55. The van der Waals surface area contributed by atoms with Gasteiger partial charge in [0, 0.05) is 32.0 Å². The van der Waals surface area contributed by atoms with E-state index >= 15 is 0 Å². The molecule has 23 heavy (non-hydrogen) atoms. The van der Waals surface area contributed by atoms with Gasteiger partial charge in [-0.05, 0) is 30.7 Å². The molecular weight excluding hydrogens is 304 g/mol. The van der Waals surface area contributed by atoms with Gasteiger partial charge in [-0.25, -0.2) is 13.8 Å². The number of benzene rings is 1. The number of carbonyl (C=O) groups excluding carboxylic acids is 1. The molecular formula is C16H17F2N3O2. The summed E-state index contributed by atoms with van der Waals surface area (Å²) in [6, 6.07) is 6.42. The van der Waals surface area contributed by atoms with Gasteiger partial charge in [-0.1, -0.05) is 0 Å². The Bertz CT molecular complexity index is 663. The lowest BCUT2D eigenvalue weighted by Crippen LogP contribution is -2.14. The highest BCUT2D eigenvalue weighted by Crippen LogP contribution is 2.14. The van der Waals surface area contributed by atoms with Crippen LogP contribution in [0.4, 0.5) is 20.2 Å². The van der Waals surface area contributed by atoms with E-state index in [0.717, 1.165) is 30.8 Å². The molecule has 0 saturated heterocycles. The van der Waals surface area contributed by atoms with E-state index in [4.69, 9.17) is 4.74 Å². The number of methoxy groups -OCH3 is 1. The number of pyridine rings is 1. The number of amides is 1. The molecule has 1 heterocycles. The molecule has 0 atom stereocenters. The van der Waals surface area contributed by atoms with Crippen molar-refractivity contribution in [3.63, 3.8) is 0 Å². The molecule has 0 aliphatic rings. The zero-order chi connectivity index (χ0) is 16.7. The van der Waals surface area contributed by atoms with Gasteiger partial charge in [0.2, 0.25) is 0 Å². The van der Waals surface area contributed by atoms with E-state index in [1.54, 1.807) is 19.2 Å². The molecule has 2 N–H and O–H groups in total. The van der Waals surface area contributed by atoms with Crippen molar-refractivity contribution in [3.8, 4) is 0 Å². The van der Waals surface area contributed by atoms with Crippen LogP contribution in [0.25, 0.3) is 0 Å². The molecule has 0 spiro atoms. The fourth-order valence-corrected chi connectivity index (χ4v) is 1.85. The van der Waals surface area contributed by atoms with E-state index in [-0.39, 0.29) is 11.4 Å². The number of rotatable bonds is 7. The molecule has 5 nitrogen and oxygen atoms in total. The first kappa shape index (κ1) is 16.8. The molecule has 0 radical (unpaired) electrons. The Labute approximate surface area is 132 Å². The summed E-state index contributed by atoms with van der Waals surface area (Å²) in [5.41, 5.74) is 1.13. The minimum atomic E-state index is -1.02. The standard InChI is InChI=1S/C16H17F2N3O2/c1-23-8-2-7-19-12-4-6-15(20-10-12)16(22)21-11-3-5-13(17)14(18)9-11/h3-6,9-10,19H,2,7-8H2,1H3,(H,21,22). The Hall–Kier alpha value is -2.54. The van der Waals surface area contributed by atoms with Crippen LogP contribution in [-0.4, -0.2) is 31.2 Å². The number of anilines is 2. The molecule has 0 aliphatic carbocycles. The molecule has 122 valence electrons. The maximum atomic E-state index is 13.1. The number of halogens is 2. The van der Waals surface area contributed by atoms with Gasteiger partial charge in [-0.3, -0.25) is 4.79 Å². The fourth-order valence-electron chi connectivity index (χ4n) is 1.85. The lowest BCUT2D eigenvalue weighted by atomic mass is 10.2. The van der Waals surface area contributed by atoms with Crippen molar-refractivity contribution in [2.24, 2.45) is 0 Å². The van der Waals surface area contributed by atoms with Crippen molar-refractivity contribution in [3.05, 3.63) is 53.9 Å². The van der Waals surface area contributed by atoms with Crippen LogP contribution in [0.2, 0.25) is 0 Å². The summed E-state index contributed by atoms with van der Waals surface area (Å²) in [4.78, 5) is 16.0. The van der Waals surface area contributed by atoms with Gasteiger partial charge in [-0.2, -0.15) is 0 Å². The number of nitrogens with zero attached hydrogens (tertiary/aromatic N) is 1. The highest BCUT2D eigenvalue weighted by molar-refractivity contribution is 6.02. The van der Waals surface area contributed by atoms with Crippen molar-refractivity contribution in [1.82, 2.24) is 4.98 Å². The lowest BCUT2D eigenvalue weighted by Gasteiger charge is -2.07. The van der Waals surface area contributed by atoms with E-state index in [1.807, 2.05) is 0 Å². The zero-order valence-corrected chi connectivity index (χ0v) is 12.6. The first-order chi connectivity index (χ1) is 11.1. The van der Waals surface area contributed by atoms with Gasteiger partial charge in [-0.15, -0.1) is 0 Å². The predicted octanol–water partition coefficient (Wildman–Crippen LogP) is 3.06. The van der Waals surface area contributed by atoms with Crippen molar-refractivity contribution in [2.45, 2.75) is 6.42 Å². The number of hydrogen-bond donors (Lipinski definition) is 2. The van der Waals surface area contributed by atoms with Crippen LogP contribution in [0.1, 0.15) is 16.9 Å². The predicted molar refractivity (Wildman–Crippen MR) is 83.5 cm³/mol. The van der Waals surface area contributed by atoms with Crippen LogP contribution < -0.4 is 10.6 Å². The third kappa shape index (κ3) is 5.00. The van der Waals surface area contributed by atoms with Gasteiger partial charge < -0.3 is 15.4 Å². The van der Waals surface area contributed by atoms with Crippen molar-refractivity contribution in [1.29, 1.82) is 0 Å². The maximum Gasteiger partial charge on any atom is 0.274 e. The summed E-state index contributed by atoms with van der Waals surface area (Å²) in [6.45, 7) is 1.39. The summed E-state index contributed by atoms with van der Waals surface area (Å²) in [5, 5.41) is 5.60. The zero-order valence-electron chi connectivity index (χ0n) is 12.6. The summed E-state index contributed by atoms with van der Waals surface area (Å²) >= 11 is 0. The molecule has 1 aromatic heterocycles. The molecule has 0 aliphatic heterocycles. The van der Waals surface area contributed by atoms with Crippen molar-refractivity contribution >= 4 is 17.3 Å². The minimum absolute atomic E-state index is 0.164. The molecule has 0 unspecified atom stereocenters. The summed E-state index contributed by atoms with van der Waals surface area (Å²) in [5.74, 6) is -2.49. The van der Waals surface area contributed by atoms with E-state index in [0.29, 0.717) is 6.61 Å². The van der Waals surface area contributed by atoms with Crippen LogP contribution in [0.5, 0.6) is 0 Å². The molecule has 0 bridgehead atoms. The lowest BCUT2D eigenvalue weighted by molar-refractivity contribution is 0.102. The molecule has 2 rings (SSSR count). The van der Waals surface area contributed by atoms with Crippen molar-refractivity contribution in [2.75, 3.05) is 30.9 Å². The number of ether oxygens (including phenoxy) is 1. The normalized spacial score (nSPS) is 10.4. The molecule has 7 heteroatoms. The molecule has 1 amide bonds. The second-order valence-corrected chi connectivity index (χ2v) is 4.79. The Morgan fingerprint density at radius 1 is 1.17 bits per heavy atom. The van der Waals surface area contributed by atoms with Gasteiger partial charge in [0.05, 0.1) is 11.9 Å². The Kier molecular flexibility index (Phi) is 5.99. The molecule has 1 aromatic carbocycles. The Morgan fingerprint density at radius 2 is 1.96 bits per heavy atom. The van der Waals surface area contributed by atoms with Crippen LogP contribution in [0.15, 0.2) is 36.5 Å². The monoisotopic (exact) mass is 321 g/mol. The van der Waals surface area contributed by atoms with Gasteiger partial charge in [0.25, 0.3) is 5.91 Å². The van der Waals surface area contributed by atoms with Crippen LogP contribution in [-0.2, 0) is 4.74 Å². The summed E-state index contributed by atoms with van der Waals surface area (Å²) < 4.78 is 30.9. The Balaban J connectivity index is 1.93. The average molecular weight is 321 g/mol. The third-order valence-corrected chi connectivity index (χ3v) is 3.03.